The summed E-state index contributed by atoms with van der Waals surface area (Å²) in [6.07, 6.45) is 6.34. The average Bonchev–Trinajstić information content (AvgIpc) is 2.79. The Bertz CT molecular complexity index is 431. The summed E-state index contributed by atoms with van der Waals surface area (Å²) in [6.45, 7) is 10.5. The lowest BCUT2D eigenvalue weighted by Crippen LogP contribution is -2.20. The van der Waals surface area contributed by atoms with Crippen LogP contribution in [0, 0.1) is 12.8 Å². The SMILES string of the molecule is Cc1ccccc1/C=C1\CCN(CCCC(C)C)C1. The van der Waals surface area contributed by atoms with E-state index in [2.05, 4.69) is 56.0 Å². The minimum Gasteiger partial charge on any atom is -0.299 e. The van der Waals surface area contributed by atoms with Gasteiger partial charge in [-0.3, -0.25) is 4.90 Å². The van der Waals surface area contributed by atoms with E-state index in [0.717, 1.165) is 5.92 Å². The third-order valence-corrected chi connectivity index (χ3v) is 3.98. The molecule has 1 heteroatoms. The van der Waals surface area contributed by atoms with Gasteiger partial charge >= 0.3 is 0 Å². The molecule has 1 heterocycles. The van der Waals surface area contributed by atoms with Crippen LogP contribution in [0.25, 0.3) is 6.08 Å². The van der Waals surface area contributed by atoms with Gasteiger partial charge in [-0.05, 0) is 49.8 Å². The van der Waals surface area contributed by atoms with E-state index in [1.54, 1.807) is 5.57 Å². The lowest BCUT2D eigenvalue weighted by atomic mass is 10.1. The minimum atomic E-state index is 0.838. The van der Waals surface area contributed by atoms with Crippen molar-refractivity contribution in [1.29, 1.82) is 0 Å². The fourth-order valence-electron chi connectivity index (χ4n) is 2.75. The van der Waals surface area contributed by atoms with Crippen molar-refractivity contribution >= 4 is 6.08 Å². The predicted molar refractivity (Wildman–Crippen MR) is 84.3 cm³/mol. The van der Waals surface area contributed by atoms with Gasteiger partial charge in [0.2, 0.25) is 0 Å². The molecule has 0 spiro atoms. The predicted octanol–water partition coefficient (Wildman–Crippen LogP) is 4.52. The molecule has 0 unspecified atom stereocenters. The van der Waals surface area contributed by atoms with E-state index >= 15 is 0 Å². The molecule has 1 saturated heterocycles. The lowest BCUT2D eigenvalue weighted by Gasteiger charge is -2.14. The topological polar surface area (TPSA) is 3.24 Å². The maximum Gasteiger partial charge on any atom is 0.0196 e. The Kier molecular flexibility index (Phi) is 5.21. The molecule has 0 bridgehead atoms. The highest BCUT2D eigenvalue weighted by atomic mass is 15.1. The Hall–Kier alpha value is -1.08. The molecule has 1 nitrogen and oxygen atoms in total. The number of hydrogen-bond acceptors (Lipinski definition) is 1. The van der Waals surface area contributed by atoms with Gasteiger partial charge in [-0.15, -0.1) is 0 Å². The normalized spacial score (nSPS) is 18.6. The van der Waals surface area contributed by atoms with Gasteiger partial charge in [-0.25, -0.2) is 0 Å². The molecule has 1 aliphatic heterocycles. The standard InChI is InChI=1S/C18H27N/c1-15(2)7-6-11-19-12-10-17(14-19)13-18-9-5-4-8-16(18)3/h4-5,8-9,13,15H,6-7,10-12,14H2,1-3H3/b17-13+. The van der Waals surface area contributed by atoms with E-state index in [-0.39, 0.29) is 0 Å². The summed E-state index contributed by atoms with van der Waals surface area (Å²) in [5.41, 5.74) is 4.37. The Morgan fingerprint density at radius 3 is 2.79 bits per heavy atom. The molecule has 2 rings (SSSR count). The highest BCUT2D eigenvalue weighted by molar-refractivity contribution is 5.57. The number of likely N-dealkylation sites (tertiary alicyclic amines) is 1. The van der Waals surface area contributed by atoms with E-state index in [9.17, 15) is 0 Å². The highest BCUT2D eigenvalue weighted by Crippen LogP contribution is 2.20. The van der Waals surface area contributed by atoms with Crippen molar-refractivity contribution in [2.24, 2.45) is 5.92 Å². The number of nitrogens with zero attached hydrogens (tertiary/aromatic N) is 1. The van der Waals surface area contributed by atoms with Gasteiger partial charge in [-0.1, -0.05) is 49.8 Å². The van der Waals surface area contributed by atoms with Crippen molar-refractivity contribution in [3.8, 4) is 0 Å². The first kappa shape index (κ1) is 14.3. The summed E-state index contributed by atoms with van der Waals surface area (Å²) in [5.74, 6) is 0.838. The third-order valence-electron chi connectivity index (χ3n) is 3.98. The molecule has 1 aliphatic rings. The monoisotopic (exact) mass is 257 g/mol. The quantitative estimate of drug-likeness (QED) is 0.749. The van der Waals surface area contributed by atoms with Gasteiger partial charge in [0.1, 0.15) is 0 Å². The zero-order valence-corrected chi connectivity index (χ0v) is 12.7. The number of benzene rings is 1. The molecule has 0 atom stereocenters. The van der Waals surface area contributed by atoms with Crippen molar-refractivity contribution in [3.05, 3.63) is 41.0 Å². The second kappa shape index (κ2) is 6.91. The Morgan fingerprint density at radius 1 is 1.26 bits per heavy atom. The Labute approximate surface area is 118 Å². The Balaban J connectivity index is 1.86. The van der Waals surface area contributed by atoms with Crippen molar-refractivity contribution < 1.29 is 0 Å². The molecular weight excluding hydrogens is 230 g/mol. The van der Waals surface area contributed by atoms with E-state index in [4.69, 9.17) is 0 Å². The largest absolute Gasteiger partial charge is 0.299 e. The van der Waals surface area contributed by atoms with Crippen molar-refractivity contribution in [1.82, 2.24) is 4.90 Å². The highest BCUT2D eigenvalue weighted by Gasteiger charge is 2.16. The van der Waals surface area contributed by atoms with Crippen LogP contribution in [0.15, 0.2) is 29.8 Å². The van der Waals surface area contributed by atoms with Crippen LogP contribution >= 0.6 is 0 Å². The number of rotatable bonds is 5. The van der Waals surface area contributed by atoms with Crippen molar-refractivity contribution in [2.45, 2.75) is 40.0 Å². The summed E-state index contributed by atoms with van der Waals surface area (Å²) in [7, 11) is 0. The maximum absolute atomic E-state index is 2.60. The molecule has 0 aliphatic carbocycles. The van der Waals surface area contributed by atoms with Gasteiger partial charge in [-0.2, -0.15) is 0 Å². The van der Waals surface area contributed by atoms with Gasteiger partial charge in [0.25, 0.3) is 0 Å². The molecule has 0 aromatic heterocycles. The minimum absolute atomic E-state index is 0.838. The molecule has 19 heavy (non-hydrogen) atoms. The van der Waals surface area contributed by atoms with Gasteiger partial charge in [0, 0.05) is 13.1 Å². The van der Waals surface area contributed by atoms with Gasteiger partial charge in [0.05, 0.1) is 0 Å². The second-order valence-electron chi connectivity index (χ2n) is 6.22. The molecule has 0 saturated carbocycles. The molecule has 104 valence electrons. The van der Waals surface area contributed by atoms with Crippen LogP contribution in [-0.2, 0) is 0 Å². The molecule has 0 amide bonds. The smallest absolute Gasteiger partial charge is 0.0196 e. The fourth-order valence-corrected chi connectivity index (χ4v) is 2.75. The van der Waals surface area contributed by atoms with E-state index in [1.807, 2.05) is 0 Å². The fraction of sp³-hybridized carbons (Fsp3) is 0.556. The summed E-state index contributed by atoms with van der Waals surface area (Å²) in [4.78, 5) is 2.60. The van der Waals surface area contributed by atoms with E-state index in [0.29, 0.717) is 0 Å². The summed E-state index contributed by atoms with van der Waals surface area (Å²) in [6, 6.07) is 8.67. The molecule has 1 aromatic carbocycles. The lowest BCUT2D eigenvalue weighted by molar-refractivity contribution is 0.326. The average molecular weight is 257 g/mol. The van der Waals surface area contributed by atoms with Gasteiger partial charge in [0.15, 0.2) is 0 Å². The molecular formula is C18H27N. The summed E-state index contributed by atoms with van der Waals surface area (Å²) >= 11 is 0. The Morgan fingerprint density at radius 2 is 2.05 bits per heavy atom. The zero-order chi connectivity index (χ0) is 13.7. The molecule has 1 aromatic rings. The number of hydrogen-bond donors (Lipinski definition) is 0. The van der Waals surface area contributed by atoms with Crippen molar-refractivity contribution in [2.75, 3.05) is 19.6 Å². The summed E-state index contributed by atoms with van der Waals surface area (Å²) in [5, 5.41) is 0. The molecule has 0 radical (unpaired) electrons. The van der Waals surface area contributed by atoms with E-state index in [1.165, 1.54) is 50.0 Å². The first-order valence-corrected chi connectivity index (χ1v) is 7.62. The zero-order valence-electron chi connectivity index (χ0n) is 12.7. The first-order valence-electron chi connectivity index (χ1n) is 7.62. The molecule has 0 N–H and O–H groups in total. The summed E-state index contributed by atoms with van der Waals surface area (Å²) < 4.78 is 0. The van der Waals surface area contributed by atoms with Crippen LogP contribution in [-0.4, -0.2) is 24.5 Å². The van der Waals surface area contributed by atoms with Gasteiger partial charge < -0.3 is 0 Å². The van der Waals surface area contributed by atoms with Crippen LogP contribution in [0.5, 0.6) is 0 Å². The third kappa shape index (κ3) is 4.50. The van der Waals surface area contributed by atoms with Crippen LogP contribution in [0.1, 0.15) is 44.2 Å². The van der Waals surface area contributed by atoms with Crippen LogP contribution < -0.4 is 0 Å². The van der Waals surface area contributed by atoms with Crippen LogP contribution in [0.2, 0.25) is 0 Å². The van der Waals surface area contributed by atoms with Crippen LogP contribution in [0.3, 0.4) is 0 Å². The maximum atomic E-state index is 2.60. The molecule has 1 fully saturated rings. The van der Waals surface area contributed by atoms with Crippen molar-refractivity contribution in [3.63, 3.8) is 0 Å². The number of aryl methyl sites for hydroxylation is 1. The second-order valence-corrected chi connectivity index (χ2v) is 6.22. The van der Waals surface area contributed by atoms with E-state index < -0.39 is 0 Å². The first-order chi connectivity index (χ1) is 9.15. The van der Waals surface area contributed by atoms with Crippen LogP contribution in [0.4, 0.5) is 0 Å².